The number of benzene rings is 2. The summed E-state index contributed by atoms with van der Waals surface area (Å²) in [4.78, 5) is 44.2. The van der Waals surface area contributed by atoms with E-state index in [-0.39, 0.29) is 11.6 Å². The maximum atomic E-state index is 12.5. The highest BCUT2D eigenvalue weighted by atomic mass is 16.2. The van der Waals surface area contributed by atoms with Crippen LogP contribution in [-0.4, -0.2) is 27.6 Å². The molecule has 0 unspecified atom stereocenters. The topological polar surface area (TPSA) is 83.1 Å². The highest BCUT2D eigenvalue weighted by Gasteiger charge is 2.25. The molecule has 2 heterocycles. The second-order valence-electron chi connectivity index (χ2n) is 5.32. The van der Waals surface area contributed by atoms with Gasteiger partial charge in [-0.15, -0.1) is 0 Å². The zero-order valence-corrected chi connectivity index (χ0v) is 12.4. The van der Waals surface area contributed by atoms with Crippen molar-refractivity contribution < 1.29 is 14.4 Å². The maximum absolute atomic E-state index is 12.5. The zero-order chi connectivity index (χ0) is 16.7. The van der Waals surface area contributed by atoms with Gasteiger partial charge in [0.2, 0.25) is 5.78 Å². The number of hydrogen-bond donors (Lipinski definition) is 1. The Morgan fingerprint density at radius 3 is 2.25 bits per heavy atom. The summed E-state index contributed by atoms with van der Waals surface area (Å²) in [5.41, 5.74) is 2.36. The molecule has 0 spiro atoms. The number of hydrogen-bond acceptors (Lipinski definition) is 4. The van der Waals surface area contributed by atoms with Crippen LogP contribution < -0.4 is 4.90 Å². The molecule has 1 aliphatic heterocycles. The number of ketones is 1. The van der Waals surface area contributed by atoms with Gasteiger partial charge in [-0.05, 0) is 36.4 Å². The average molecular weight is 317 g/mol. The quantitative estimate of drug-likeness (QED) is 0.593. The first-order valence-corrected chi connectivity index (χ1v) is 7.29. The van der Waals surface area contributed by atoms with E-state index >= 15 is 0 Å². The molecule has 0 saturated carbocycles. The van der Waals surface area contributed by atoms with Gasteiger partial charge in [0.25, 0.3) is 11.8 Å². The predicted octanol–water partition coefficient (Wildman–Crippen LogP) is 2.22. The molecule has 2 amide bonds. The van der Waals surface area contributed by atoms with Gasteiger partial charge in [0.15, 0.2) is 5.82 Å². The Morgan fingerprint density at radius 1 is 0.917 bits per heavy atom. The Hall–Kier alpha value is -3.54. The number of carbonyl (C=O) groups excluding carboxylic acids is 3. The van der Waals surface area contributed by atoms with E-state index in [1.54, 1.807) is 24.3 Å². The van der Waals surface area contributed by atoms with Crippen LogP contribution in [0.1, 0.15) is 16.2 Å². The van der Waals surface area contributed by atoms with E-state index < -0.39 is 11.8 Å². The lowest BCUT2D eigenvalue weighted by atomic mass is 10.1. The van der Waals surface area contributed by atoms with E-state index in [1.807, 2.05) is 24.3 Å². The number of imide groups is 1. The number of aromatic nitrogens is 2. The number of para-hydroxylation sites is 2. The number of H-pyrrole nitrogens is 1. The minimum absolute atomic E-state index is 0.249. The number of aromatic amines is 1. The third-order valence-electron chi connectivity index (χ3n) is 3.80. The molecule has 1 aromatic heterocycles. The molecular weight excluding hydrogens is 306 g/mol. The van der Waals surface area contributed by atoms with Gasteiger partial charge in [-0.2, -0.15) is 0 Å². The van der Waals surface area contributed by atoms with Crippen LogP contribution in [0, 0.1) is 0 Å². The van der Waals surface area contributed by atoms with Crippen LogP contribution in [0.2, 0.25) is 0 Å². The first kappa shape index (κ1) is 14.1. The normalized spacial score (nSPS) is 13.9. The monoisotopic (exact) mass is 317 g/mol. The van der Waals surface area contributed by atoms with Crippen LogP contribution in [0.25, 0.3) is 11.0 Å². The van der Waals surface area contributed by atoms with Crippen molar-refractivity contribution in [2.24, 2.45) is 0 Å². The third-order valence-corrected chi connectivity index (χ3v) is 3.80. The van der Waals surface area contributed by atoms with Gasteiger partial charge >= 0.3 is 0 Å². The van der Waals surface area contributed by atoms with Crippen LogP contribution in [0.15, 0.2) is 60.7 Å². The van der Waals surface area contributed by atoms with Crippen LogP contribution in [0.3, 0.4) is 0 Å². The molecule has 2 aromatic carbocycles. The Kier molecular flexibility index (Phi) is 3.09. The van der Waals surface area contributed by atoms with E-state index in [2.05, 4.69) is 9.97 Å². The molecular formula is C18H11N3O3. The maximum Gasteiger partial charge on any atom is 0.258 e. The van der Waals surface area contributed by atoms with Crippen molar-refractivity contribution in [2.45, 2.75) is 0 Å². The first-order chi connectivity index (χ1) is 11.6. The standard InChI is InChI=1S/C18H11N3O3/c22-15-9-10-16(23)21(15)12-7-5-11(6-8-12)17(24)18-19-13-3-1-2-4-14(13)20-18/h1-10H,(H,19,20). The number of carbonyl (C=O) groups is 3. The van der Waals surface area contributed by atoms with Crippen molar-refractivity contribution >= 4 is 34.3 Å². The number of fused-ring (bicyclic) bond motifs is 1. The van der Waals surface area contributed by atoms with E-state index in [1.165, 1.54) is 12.2 Å². The molecule has 0 atom stereocenters. The molecule has 24 heavy (non-hydrogen) atoms. The average Bonchev–Trinajstić information content (AvgIpc) is 3.18. The number of imidazole rings is 1. The van der Waals surface area contributed by atoms with Gasteiger partial charge < -0.3 is 4.98 Å². The second kappa shape index (κ2) is 5.27. The molecule has 0 saturated heterocycles. The van der Waals surface area contributed by atoms with Crippen LogP contribution >= 0.6 is 0 Å². The third kappa shape index (κ3) is 2.21. The smallest absolute Gasteiger partial charge is 0.258 e. The van der Waals surface area contributed by atoms with E-state index in [9.17, 15) is 14.4 Å². The second-order valence-corrected chi connectivity index (χ2v) is 5.32. The summed E-state index contributed by atoms with van der Waals surface area (Å²) >= 11 is 0. The summed E-state index contributed by atoms with van der Waals surface area (Å²) in [7, 11) is 0. The fraction of sp³-hybridized carbons (Fsp3) is 0. The van der Waals surface area contributed by atoms with Crippen molar-refractivity contribution in [3.8, 4) is 0 Å². The SMILES string of the molecule is O=C(c1ccc(N2C(=O)C=CC2=O)cc1)c1nc2ccccc2[nH]1. The summed E-state index contributed by atoms with van der Waals surface area (Å²) in [6, 6.07) is 13.7. The van der Waals surface area contributed by atoms with Crippen molar-refractivity contribution in [1.82, 2.24) is 9.97 Å². The Labute approximate surface area is 136 Å². The minimum atomic E-state index is -0.392. The highest BCUT2D eigenvalue weighted by molar-refractivity contribution is 6.28. The van der Waals surface area contributed by atoms with Gasteiger partial charge in [0, 0.05) is 17.7 Å². The summed E-state index contributed by atoms with van der Waals surface area (Å²) in [5, 5.41) is 0. The van der Waals surface area contributed by atoms with Gasteiger partial charge in [-0.25, -0.2) is 9.88 Å². The summed E-state index contributed by atoms with van der Waals surface area (Å²) < 4.78 is 0. The van der Waals surface area contributed by atoms with Crippen molar-refractivity contribution in [2.75, 3.05) is 4.90 Å². The van der Waals surface area contributed by atoms with Crippen molar-refractivity contribution in [3.05, 3.63) is 72.1 Å². The Morgan fingerprint density at radius 2 is 1.58 bits per heavy atom. The molecule has 0 bridgehead atoms. The molecule has 1 N–H and O–H groups in total. The summed E-state index contributed by atoms with van der Waals surface area (Å²) in [5.74, 6) is -0.790. The molecule has 0 aliphatic carbocycles. The number of rotatable bonds is 3. The van der Waals surface area contributed by atoms with Crippen LogP contribution in [0.4, 0.5) is 5.69 Å². The van der Waals surface area contributed by atoms with Gasteiger partial charge in [-0.1, -0.05) is 12.1 Å². The Balaban J connectivity index is 1.63. The predicted molar refractivity (Wildman–Crippen MR) is 87.6 cm³/mol. The first-order valence-electron chi connectivity index (χ1n) is 7.29. The van der Waals surface area contributed by atoms with Crippen LogP contribution in [-0.2, 0) is 9.59 Å². The summed E-state index contributed by atoms with van der Waals surface area (Å²) in [6.07, 6.45) is 2.44. The largest absolute Gasteiger partial charge is 0.335 e. The number of nitrogens with zero attached hydrogens (tertiary/aromatic N) is 2. The molecule has 3 aromatic rings. The van der Waals surface area contributed by atoms with Crippen LogP contribution in [0.5, 0.6) is 0 Å². The zero-order valence-electron chi connectivity index (χ0n) is 12.4. The number of nitrogens with one attached hydrogen (secondary N) is 1. The van der Waals surface area contributed by atoms with Gasteiger partial charge in [0.05, 0.1) is 16.7 Å². The molecule has 6 nitrogen and oxygen atoms in total. The molecule has 4 rings (SSSR count). The molecule has 116 valence electrons. The number of amides is 2. The number of anilines is 1. The fourth-order valence-electron chi connectivity index (χ4n) is 2.61. The van der Waals surface area contributed by atoms with Crippen molar-refractivity contribution in [1.29, 1.82) is 0 Å². The molecule has 1 aliphatic rings. The highest BCUT2D eigenvalue weighted by Crippen LogP contribution is 2.21. The fourth-order valence-corrected chi connectivity index (χ4v) is 2.61. The van der Waals surface area contributed by atoms with E-state index in [0.29, 0.717) is 11.3 Å². The minimum Gasteiger partial charge on any atom is -0.335 e. The lowest BCUT2D eigenvalue weighted by Gasteiger charge is -2.13. The van der Waals surface area contributed by atoms with Gasteiger partial charge in [0.1, 0.15) is 0 Å². The summed E-state index contributed by atoms with van der Waals surface area (Å²) in [6.45, 7) is 0. The van der Waals surface area contributed by atoms with Gasteiger partial charge in [-0.3, -0.25) is 14.4 Å². The van der Waals surface area contributed by atoms with E-state index in [4.69, 9.17) is 0 Å². The lowest BCUT2D eigenvalue weighted by Crippen LogP contribution is -2.29. The lowest BCUT2D eigenvalue weighted by molar-refractivity contribution is -0.119. The molecule has 0 radical (unpaired) electrons. The Bertz CT molecular complexity index is 964. The van der Waals surface area contributed by atoms with E-state index in [0.717, 1.165) is 15.9 Å². The molecule has 6 heteroatoms. The molecule has 0 fully saturated rings. The van der Waals surface area contributed by atoms with Crippen molar-refractivity contribution in [3.63, 3.8) is 0 Å².